The number of rotatable bonds is 4. The van der Waals surface area contributed by atoms with Crippen molar-refractivity contribution in [2.24, 2.45) is 5.92 Å². The van der Waals surface area contributed by atoms with E-state index in [-0.39, 0.29) is 6.09 Å². The molecule has 0 heterocycles. The second-order valence-corrected chi connectivity index (χ2v) is 4.17. The second kappa shape index (κ2) is 6.16. The minimum atomic E-state index is -0.387. The van der Waals surface area contributed by atoms with Gasteiger partial charge in [-0.05, 0) is 30.0 Å². The number of ether oxygens (including phenoxy) is 1. The molecule has 0 aliphatic rings. The first kappa shape index (κ1) is 12.6. The first-order valence-electron chi connectivity index (χ1n) is 5.64. The fourth-order valence-electron chi connectivity index (χ4n) is 1.27. The summed E-state index contributed by atoms with van der Waals surface area (Å²) in [4.78, 5) is 11.4. The molecule has 0 radical (unpaired) electrons. The Hall–Kier alpha value is -1.51. The van der Waals surface area contributed by atoms with Gasteiger partial charge >= 0.3 is 6.09 Å². The van der Waals surface area contributed by atoms with Crippen LogP contribution < -0.4 is 5.32 Å². The summed E-state index contributed by atoms with van der Waals surface area (Å²) in [5, 5.41) is 2.71. The van der Waals surface area contributed by atoms with Gasteiger partial charge in [0.2, 0.25) is 0 Å². The summed E-state index contributed by atoms with van der Waals surface area (Å²) >= 11 is 0. The van der Waals surface area contributed by atoms with Crippen molar-refractivity contribution < 1.29 is 9.53 Å². The highest BCUT2D eigenvalue weighted by atomic mass is 16.5. The molecule has 1 N–H and O–H groups in total. The van der Waals surface area contributed by atoms with Gasteiger partial charge in [-0.1, -0.05) is 32.9 Å². The van der Waals surface area contributed by atoms with Gasteiger partial charge < -0.3 is 4.74 Å². The number of carbonyl (C=O) groups is 1. The number of amides is 1. The molecule has 16 heavy (non-hydrogen) atoms. The average Bonchev–Trinajstić information content (AvgIpc) is 2.26. The number of aryl methyl sites for hydroxylation is 1. The fraction of sp³-hybridized carbons (Fsp3) is 0.462. The molecule has 0 aliphatic carbocycles. The summed E-state index contributed by atoms with van der Waals surface area (Å²) in [6.07, 6.45) is 0.568. The first-order chi connectivity index (χ1) is 7.61. The van der Waals surface area contributed by atoms with Crippen molar-refractivity contribution in [3.63, 3.8) is 0 Å². The van der Waals surface area contributed by atoms with Crippen molar-refractivity contribution in [3.8, 4) is 0 Å². The summed E-state index contributed by atoms with van der Waals surface area (Å²) in [5.74, 6) is 0.354. The zero-order chi connectivity index (χ0) is 12.0. The molecule has 1 aromatic carbocycles. The Labute approximate surface area is 96.8 Å². The third-order valence-corrected chi connectivity index (χ3v) is 2.13. The zero-order valence-corrected chi connectivity index (χ0v) is 10.1. The standard InChI is InChI=1S/C13H19NO2/c1-4-11-6-5-7-12(8-11)14-13(15)16-9-10(2)3/h5-8,10H,4,9H2,1-3H3,(H,14,15). The molecule has 1 rings (SSSR count). The van der Waals surface area contributed by atoms with E-state index in [0.717, 1.165) is 12.1 Å². The van der Waals surface area contributed by atoms with E-state index in [2.05, 4.69) is 12.2 Å². The molecule has 0 unspecified atom stereocenters. The Morgan fingerprint density at radius 2 is 2.19 bits per heavy atom. The molecule has 1 amide bonds. The van der Waals surface area contributed by atoms with Gasteiger partial charge in [-0.2, -0.15) is 0 Å². The van der Waals surface area contributed by atoms with Gasteiger partial charge in [0, 0.05) is 5.69 Å². The lowest BCUT2D eigenvalue weighted by atomic mass is 10.1. The molecule has 0 saturated heterocycles. The normalized spacial score (nSPS) is 10.2. The van der Waals surface area contributed by atoms with Gasteiger partial charge in [-0.3, -0.25) is 5.32 Å². The number of hydrogen-bond donors (Lipinski definition) is 1. The third kappa shape index (κ3) is 4.34. The molecular weight excluding hydrogens is 202 g/mol. The van der Waals surface area contributed by atoms with Crippen LogP contribution in [0.15, 0.2) is 24.3 Å². The molecular formula is C13H19NO2. The Morgan fingerprint density at radius 1 is 1.44 bits per heavy atom. The van der Waals surface area contributed by atoms with E-state index in [1.807, 2.05) is 38.1 Å². The number of hydrogen-bond acceptors (Lipinski definition) is 2. The Kier molecular flexibility index (Phi) is 4.83. The lowest BCUT2D eigenvalue weighted by Gasteiger charge is -2.09. The zero-order valence-electron chi connectivity index (χ0n) is 10.1. The van der Waals surface area contributed by atoms with Gasteiger partial charge in [0.05, 0.1) is 6.61 Å². The lowest BCUT2D eigenvalue weighted by molar-refractivity contribution is 0.147. The van der Waals surface area contributed by atoms with Crippen molar-refractivity contribution in [3.05, 3.63) is 29.8 Å². The van der Waals surface area contributed by atoms with E-state index < -0.39 is 0 Å². The van der Waals surface area contributed by atoms with Crippen molar-refractivity contribution >= 4 is 11.8 Å². The van der Waals surface area contributed by atoms with E-state index in [1.54, 1.807) is 0 Å². The number of carbonyl (C=O) groups excluding carboxylic acids is 1. The third-order valence-electron chi connectivity index (χ3n) is 2.13. The van der Waals surface area contributed by atoms with Crippen molar-refractivity contribution in [1.82, 2.24) is 0 Å². The van der Waals surface area contributed by atoms with Crippen LogP contribution in [0, 0.1) is 5.92 Å². The van der Waals surface area contributed by atoms with Crippen LogP contribution in [0.2, 0.25) is 0 Å². The van der Waals surface area contributed by atoms with Crippen LogP contribution >= 0.6 is 0 Å². The van der Waals surface area contributed by atoms with Crippen LogP contribution in [0.1, 0.15) is 26.3 Å². The summed E-state index contributed by atoms with van der Waals surface area (Å²) in [6, 6.07) is 7.77. The molecule has 0 spiro atoms. The lowest BCUT2D eigenvalue weighted by Crippen LogP contribution is -2.16. The quantitative estimate of drug-likeness (QED) is 0.845. The van der Waals surface area contributed by atoms with Gasteiger partial charge in [0.15, 0.2) is 0 Å². The van der Waals surface area contributed by atoms with Gasteiger partial charge in [-0.25, -0.2) is 4.79 Å². The van der Waals surface area contributed by atoms with E-state index in [9.17, 15) is 4.79 Å². The molecule has 0 saturated carbocycles. The molecule has 3 nitrogen and oxygen atoms in total. The minimum absolute atomic E-state index is 0.354. The van der Waals surface area contributed by atoms with E-state index in [1.165, 1.54) is 5.56 Å². The smallest absolute Gasteiger partial charge is 0.411 e. The Balaban J connectivity index is 2.49. The average molecular weight is 221 g/mol. The van der Waals surface area contributed by atoms with Crippen LogP contribution in [-0.4, -0.2) is 12.7 Å². The van der Waals surface area contributed by atoms with E-state index in [0.29, 0.717) is 12.5 Å². The fourth-order valence-corrected chi connectivity index (χ4v) is 1.27. The maximum absolute atomic E-state index is 11.4. The molecule has 0 aromatic heterocycles. The maximum Gasteiger partial charge on any atom is 0.411 e. The van der Waals surface area contributed by atoms with Crippen LogP contribution in [0.3, 0.4) is 0 Å². The highest BCUT2D eigenvalue weighted by Crippen LogP contribution is 2.11. The molecule has 0 atom stereocenters. The topological polar surface area (TPSA) is 38.3 Å². The number of anilines is 1. The van der Waals surface area contributed by atoms with Gasteiger partial charge in [0.1, 0.15) is 0 Å². The molecule has 0 aliphatic heterocycles. The summed E-state index contributed by atoms with van der Waals surface area (Å²) in [7, 11) is 0. The summed E-state index contributed by atoms with van der Waals surface area (Å²) in [5.41, 5.74) is 1.98. The van der Waals surface area contributed by atoms with Crippen LogP contribution in [-0.2, 0) is 11.2 Å². The van der Waals surface area contributed by atoms with Crippen molar-refractivity contribution in [1.29, 1.82) is 0 Å². The Bertz CT molecular complexity index is 348. The number of benzene rings is 1. The highest BCUT2D eigenvalue weighted by molar-refractivity contribution is 5.84. The maximum atomic E-state index is 11.4. The largest absolute Gasteiger partial charge is 0.449 e. The summed E-state index contributed by atoms with van der Waals surface area (Å²) < 4.78 is 5.03. The van der Waals surface area contributed by atoms with Crippen LogP contribution in [0.25, 0.3) is 0 Å². The van der Waals surface area contributed by atoms with Crippen molar-refractivity contribution in [2.45, 2.75) is 27.2 Å². The predicted molar refractivity (Wildman–Crippen MR) is 65.6 cm³/mol. The SMILES string of the molecule is CCc1cccc(NC(=O)OCC(C)C)c1. The monoisotopic (exact) mass is 221 g/mol. The first-order valence-corrected chi connectivity index (χ1v) is 5.64. The number of nitrogens with one attached hydrogen (secondary N) is 1. The highest BCUT2D eigenvalue weighted by Gasteiger charge is 2.04. The Morgan fingerprint density at radius 3 is 2.81 bits per heavy atom. The van der Waals surface area contributed by atoms with Crippen LogP contribution in [0.5, 0.6) is 0 Å². The molecule has 88 valence electrons. The van der Waals surface area contributed by atoms with E-state index >= 15 is 0 Å². The second-order valence-electron chi connectivity index (χ2n) is 4.17. The molecule has 1 aromatic rings. The molecule has 3 heteroatoms. The van der Waals surface area contributed by atoms with Crippen molar-refractivity contribution in [2.75, 3.05) is 11.9 Å². The molecule has 0 bridgehead atoms. The van der Waals surface area contributed by atoms with E-state index in [4.69, 9.17) is 4.74 Å². The summed E-state index contributed by atoms with van der Waals surface area (Å²) in [6.45, 7) is 6.53. The minimum Gasteiger partial charge on any atom is -0.449 e. The van der Waals surface area contributed by atoms with Crippen LogP contribution in [0.4, 0.5) is 10.5 Å². The van der Waals surface area contributed by atoms with Gasteiger partial charge in [-0.15, -0.1) is 0 Å². The predicted octanol–water partition coefficient (Wildman–Crippen LogP) is 3.45. The van der Waals surface area contributed by atoms with Gasteiger partial charge in [0.25, 0.3) is 0 Å². The molecule has 0 fully saturated rings.